The summed E-state index contributed by atoms with van der Waals surface area (Å²) in [5, 5.41) is 14.6. The summed E-state index contributed by atoms with van der Waals surface area (Å²) in [6.45, 7) is 2.29. The number of aliphatic carboxylic acids is 1. The normalized spacial score (nSPS) is 17.1. The van der Waals surface area contributed by atoms with Gasteiger partial charge in [0.25, 0.3) is 0 Å². The molecule has 2 rings (SSSR count). The van der Waals surface area contributed by atoms with Crippen LogP contribution in [-0.2, 0) is 4.79 Å². The molecule has 1 fully saturated rings. The summed E-state index contributed by atoms with van der Waals surface area (Å²) in [5.41, 5.74) is -0.521. The predicted molar refractivity (Wildman–Crippen MR) is 62.6 cm³/mol. The van der Waals surface area contributed by atoms with Crippen molar-refractivity contribution < 1.29 is 18.7 Å². The number of benzene rings is 1. The Bertz CT molecular complexity index is 487. The Morgan fingerprint density at radius 3 is 2.61 bits per heavy atom. The molecule has 1 aliphatic rings. The molecule has 0 aromatic heterocycles. The third-order valence-electron chi connectivity index (χ3n) is 3.06. The van der Waals surface area contributed by atoms with Gasteiger partial charge in [-0.15, -0.1) is 0 Å². The lowest BCUT2D eigenvalue weighted by Crippen LogP contribution is -2.65. The van der Waals surface area contributed by atoms with Gasteiger partial charge in [-0.05, 0) is 18.6 Å². The fraction of sp³-hybridized carbons (Fsp3) is 0.417. The number of carboxylic acid groups (broad SMARTS) is 1. The van der Waals surface area contributed by atoms with Gasteiger partial charge in [0.1, 0.15) is 11.6 Å². The average Bonchev–Trinajstić information content (AvgIpc) is 2.22. The molecule has 1 saturated heterocycles. The molecule has 0 amide bonds. The first-order valence-corrected chi connectivity index (χ1v) is 5.58. The van der Waals surface area contributed by atoms with Crippen LogP contribution in [0, 0.1) is 18.6 Å². The summed E-state index contributed by atoms with van der Waals surface area (Å²) in [7, 11) is 0. The molecular formula is C12H14F2N2O2. The SMILES string of the molecule is Cc1cc(F)c(NC2(CC(=O)O)CNC2)cc1F. The van der Waals surface area contributed by atoms with Gasteiger partial charge in [-0.25, -0.2) is 8.78 Å². The highest BCUT2D eigenvalue weighted by molar-refractivity contribution is 5.70. The largest absolute Gasteiger partial charge is 0.481 e. The maximum atomic E-state index is 13.7. The Kier molecular flexibility index (Phi) is 3.21. The number of hydrogen-bond acceptors (Lipinski definition) is 3. The lowest BCUT2D eigenvalue weighted by atomic mass is 9.88. The number of halogens is 2. The maximum absolute atomic E-state index is 13.7. The molecule has 1 aromatic rings. The van der Waals surface area contributed by atoms with Crippen LogP contribution in [0.15, 0.2) is 12.1 Å². The predicted octanol–water partition coefficient (Wildman–Crippen LogP) is 1.50. The zero-order valence-corrected chi connectivity index (χ0v) is 9.89. The first-order valence-electron chi connectivity index (χ1n) is 5.58. The minimum atomic E-state index is -0.975. The molecule has 0 bridgehead atoms. The van der Waals surface area contributed by atoms with E-state index in [4.69, 9.17) is 5.11 Å². The van der Waals surface area contributed by atoms with Gasteiger partial charge < -0.3 is 15.7 Å². The summed E-state index contributed by atoms with van der Waals surface area (Å²) < 4.78 is 27.0. The van der Waals surface area contributed by atoms with Crippen LogP contribution < -0.4 is 10.6 Å². The highest BCUT2D eigenvalue weighted by Crippen LogP contribution is 2.26. The van der Waals surface area contributed by atoms with Crippen molar-refractivity contribution in [3.8, 4) is 0 Å². The lowest BCUT2D eigenvalue weighted by molar-refractivity contribution is -0.138. The summed E-state index contributed by atoms with van der Waals surface area (Å²) >= 11 is 0. The monoisotopic (exact) mass is 256 g/mol. The first-order chi connectivity index (χ1) is 8.42. The molecule has 1 heterocycles. The summed E-state index contributed by atoms with van der Waals surface area (Å²) in [4.78, 5) is 10.8. The Balaban J connectivity index is 2.22. The molecule has 6 heteroatoms. The van der Waals surface area contributed by atoms with Crippen molar-refractivity contribution in [2.45, 2.75) is 18.9 Å². The van der Waals surface area contributed by atoms with Crippen LogP contribution in [0.2, 0.25) is 0 Å². The Labute approximate surface area is 103 Å². The van der Waals surface area contributed by atoms with Crippen LogP contribution in [0.4, 0.5) is 14.5 Å². The minimum absolute atomic E-state index is 0.000787. The molecule has 0 spiro atoms. The highest BCUT2D eigenvalue weighted by Gasteiger charge is 2.39. The maximum Gasteiger partial charge on any atom is 0.305 e. The Morgan fingerprint density at radius 1 is 1.44 bits per heavy atom. The molecule has 18 heavy (non-hydrogen) atoms. The van der Waals surface area contributed by atoms with E-state index in [9.17, 15) is 13.6 Å². The van der Waals surface area contributed by atoms with Gasteiger partial charge in [-0.2, -0.15) is 0 Å². The van der Waals surface area contributed by atoms with Crippen molar-refractivity contribution in [2.24, 2.45) is 0 Å². The van der Waals surface area contributed by atoms with E-state index in [0.29, 0.717) is 13.1 Å². The molecule has 0 aliphatic carbocycles. The van der Waals surface area contributed by atoms with E-state index >= 15 is 0 Å². The molecule has 3 N–H and O–H groups in total. The van der Waals surface area contributed by atoms with Gasteiger partial charge in [0.05, 0.1) is 17.6 Å². The number of carboxylic acids is 1. The van der Waals surface area contributed by atoms with Crippen LogP contribution in [-0.4, -0.2) is 29.7 Å². The number of anilines is 1. The quantitative estimate of drug-likeness (QED) is 0.764. The van der Waals surface area contributed by atoms with Crippen LogP contribution in [0.25, 0.3) is 0 Å². The van der Waals surface area contributed by atoms with E-state index in [1.165, 1.54) is 6.92 Å². The van der Waals surface area contributed by atoms with E-state index < -0.39 is 23.1 Å². The molecule has 0 atom stereocenters. The Morgan fingerprint density at radius 2 is 2.11 bits per heavy atom. The van der Waals surface area contributed by atoms with Gasteiger partial charge in [-0.1, -0.05) is 0 Å². The summed E-state index contributed by atoms with van der Waals surface area (Å²) in [6.07, 6.45) is -0.144. The second-order valence-corrected chi connectivity index (χ2v) is 4.66. The molecule has 0 radical (unpaired) electrons. The Hall–Kier alpha value is -1.69. The fourth-order valence-corrected chi connectivity index (χ4v) is 2.00. The van der Waals surface area contributed by atoms with Crippen molar-refractivity contribution in [3.05, 3.63) is 29.3 Å². The average molecular weight is 256 g/mol. The lowest BCUT2D eigenvalue weighted by Gasteiger charge is -2.43. The van der Waals surface area contributed by atoms with E-state index in [1.807, 2.05) is 0 Å². The smallest absolute Gasteiger partial charge is 0.305 e. The van der Waals surface area contributed by atoms with Crippen LogP contribution in [0.3, 0.4) is 0 Å². The molecule has 0 saturated carbocycles. The van der Waals surface area contributed by atoms with Crippen molar-refractivity contribution in [2.75, 3.05) is 18.4 Å². The van der Waals surface area contributed by atoms with Gasteiger partial charge in [-0.3, -0.25) is 4.79 Å². The van der Waals surface area contributed by atoms with E-state index in [0.717, 1.165) is 12.1 Å². The van der Waals surface area contributed by atoms with Crippen molar-refractivity contribution >= 4 is 11.7 Å². The second kappa shape index (κ2) is 4.53. The van der Waals surface area contributed by atoms with Crippen LogP contribution in [0.1, 0.15) is 12.0 Å². The minimum Gasteiger partial charge on any atom is -0.481 e. The first kappa shape index (κ1) is 12.8. The third-order valence-corrected chi connectivity index (χ3v) is 3.06. The van der Waals surface area contributed by atoms with E-state index in [1.54, 1.807) is 0 Å². The van der Waals surface area contributed by atoms with E-state index in [2.05, 4.69) is 10.6 Å². The number of aryl methyl sites for hydroxylation is 1. The molecule has 1 aromatic carbocycles. The number of hydrogen-bond donors (Lipinski definition) is 3. The second-order valence-electron chi connectivity index (χ2n) is 4.66. The van der Waals surface area contributed by atoms with Gasteiger partial charge in [0, 0.05) is 19.2 Å². The molecule has 4 nitrogen and oxygen atoms in total. The number of rotatable bonds is 4. The van der Waals surface area contributed by atoms with Gasteiger partial charge >= 0.3 is 5.97 Å². The molecule has 1 aliphatic heterocycles. The third kappa shape index (κ3) is 2.43. The van der Waals surface area contributed by atoms with Crippen molar-refractivity contribution in [3.63, 3.8) is 0 Å². The van der Waals surface area contributed by atoms with E-state index in [-0.39, 0.29) is 17.7 Å². The van der Waals surface area contributed by atoms with Gasteiger partial charge in [0.2, 0.25) is 0 Å². The molecule has 98 valence electrons. The zero-order valence-electron chi connectivity index (χ0n) is 9.89. The zero-order chi connectivity index (χ0) is 13.3. The van der Waals surface area contributed by atoms with Gasteiger partial charge in [0.15, 0.2) is 0 Å². The fourth-order valence-electron chi connectivity index (χ4n) is 2.00. The number of nitrogens with one attached hydrogen (secondary N) is 2. The topological polar surface area (TPSA) is 61.4 Å². The van der Waals surface area contributed by atoms with Crippen LogP contribution in [0.5, 0.6) is 0 Å². The standard InChI is InChI=1S/C12H14F2N2O2/c1-7-2-9(14)10(3-8(7)13)16-12(4-11(17)18)5-15-6-12/h2-3,15-16H,4-6H2,1H3,(H,17,18). The molecule has 0 unspecified atom stereocenters. The van der Waals surface area contributed by atoms with Crippen LogP contribution >= 0.6 is 0 Å². The van der Waals surface area contributed by atoms with Crippen molar-refractivity contribution in [1.82, 2.24) is 5.32 Å². The van der Waals surface area contributed by atoms with Crippen molar-refractivity contribution in [1.29, 1.82) is 0 Å². The summed E-state index contributed by atoms with van der Waals surface area (Å²) in [6, 6.07) is 2.16. The molecular weight excluding hydrogens is 242 g/mol. The summed E-state index contributed by atoms with van der Waals surface area (Å²) in [5.74, 6) is -2.07. The number of carbonyl (C=O) groups is 1. The highest BCUT2D eigenvalue weighted by atomic mass is 19.1.